The summed E-state index contributed by atoms with van der Waals surface area (Å²) in [5.41, 5.74) is 0.525. The zero-order chi connectivity index (χ0) is 20.9. The molecule has 1 unspecified atom stereocenters. The average molecular weight is 412 g/mol. The van der Waals surface area contributed by atoms with Crippen molar-refractivity contribution in [1.82, 2.24) is 9.62 Å². The van der Waals surface area contributed by atoms with Gasteiger partial charge in [-0.25, -0.2) is 8.42 Å². The van der Waals surface area contributed by atoms with E-state index in [0.29, 0.717) is 18.8 Å². The molecule has 0 radical (unpaired) electrons. The number of carbonyl (C=O) groups excluding carboxylic acids is 2. The Morgan fingerprint density at radius 3 is 2.21 bits per heavy atom. The Balaban J connectivity index is 1.95. The summed E-state index contributed by atoms with van der Waals surface area (Å²) in [6.45, 7) is 6.82. The second-order valence-corrected chi connectivity index (χ2v) is 9.53. The van der Waals surface area contributed by atoms with Gasteiger partial charge in [0.15, 0.2) is 12.6 Å². The van der Waals surface area contributed by atoms with E-state index < -0.39 is 16.1 Å². The first kappa shape index (κ1) is 22.3. The highest BCUT2D eigenvalue weighted by Crippen LogP contribution is 2.22. The van der Waals surface area contributed by atoms with Crippen LogP contribution < -0.4 is 15.5 Å². The summed E-state index contributed by atoms with van der Waals surface area (Å²) < 4.78 is 26.6. The Kier molecular flexibility index (Phi) is 7.56. The summed E-state index contributed by atoms with van der Waals surface area (Å²) in [5.74, 6) is -0.339. The number of likely N-dealkylation sites (N-methyl/N-ethyl adjacent to an activating group) is 1. The Morgan fingerprint density at radius 1 is 1.11 bits per heavy atom. The van der Waals surface area contributed by atoms with Gasteiger partial charge < -0.3 is 15.5 Å². The number of nitrogens with zero attached hydrogens (tertiary/aromatic N) is 1. The minimum absolute atomic E-state index is 0.0554. The molecule has 9 heteroatoms. The highest BCUT2D eigenvalue weighted by molar-refractivity contribution is 7.89. The van der Waals surface area contributed by atoms with Crippen LogP contribution in [0.4, 0.5) is 5.69 Å². The van der Waals surface area contributed by atoms with Crippen LogP contribution in [-0.2, 0) is 19.6 Å². The Labute approximate surface area is 167 Å². The summed E-state index contributed by atoms with van der Waals surface area (Å²) in [5, 5.41) is 5.59. The molecule has 156 valence electrons. The lowest BCUT2D eigenvalue weighted by Gasteiger charge is -2.21. The SMILES string of the molecule is CC(C)NC(=O)C[NH+](C)[C@@H](C)C(=O)Nc1ccc(S(=O)(=O)N2CCCC2)cc1. The normalized spacial score (nSPS) is 17.3. The first-order valence-electron chi connectivity index (χ1n) is 9.64. The predicted octanol–water partition coefficient (Wildman–Crippen LogP) is -0.163. The first-order valence-corrected chi connectivity index (χ1v) is 11.1. The lowest BCUT2D eigenvalue weighted by atomic mass is 10.2. The van der Waals surface area contributed by atoms with E-state index in [4.69, 9.17) is 0 Å². The molecule has 0 bridgehead atoms. The Hall–Kier alpha value is -1.97. The molecule has 2 rings (SSSR count). The van der Waals surface area contributed by atoms with Crippen LogP contribution in [0.15, 0.2) is 29.2 Å². The van der Waals surface area contributed by atoms with Crippen molar-refractivity contribution in [2.45, 2.75) is 50.6 Å². The van der Waals surface area contributed by atoms with E-state index in [1.54, 1.807) is 26.1 Å². The van der Waals surface area contributed by atoms with Gasteiger partial charge in [-0.1, -0.05) is 0 Å². The van der Waals surface area contributed by atoms with Crippen molar-refractivity contribution in [2.75, 3.05) is 32.0 Å². The van der Waals surface area contributed by atoms with Gasteiger partial charge in [0.25, 0.3) is 11.8 Å². The fourth-order valence-corrected chi connectivity index (χ4v) is 4.56. The standard InChI is InChI=1S/C19H30N4O4S/c1-14(2)20-18(24)13-22(4)15(3)19(25)21-16-7-9-17(10-8-16)28(26,27)23-11-5-6-12-23/h7-10,14-15H,5-6,11-13H2,1-4H3,(H,20,24)(H,21,25)/p+1/t15-/m0/s1. The molecule has 3 N–H and O–H groups in total. The summed E-state index contributed by atoms with van der Waals surface area (Å²) >= 11 is 0. The number of hydrogen-bond donors (Lipinski definition) is 3. The number of benzene rings is 1. The molecule has 1 aromatic carbocycles. The van der Waals surface area contributed by atoms with Gasteiger partial charge in [0, 0.05) is 24.8 Å². The van der Waals surface area contributed by atoms with E-state index in [1.165, 1.54) is 16.4 Å². The van der Waals surface area contributed by atoms with E-state index in [1.807, 2.05) is 13.8 Å². The monoisotopic (exact) mass is 411 g/mol. The molecule has 8 nitrogen and oxygen atoms in total. The number of quaternary nitrogens is 1. The quantitative estimate of drug-likeness (QED) is 0.553. The third-order valence-electron chi connectivity index (χ3n) is 4.85. The minimum Gasteiger partial charge on any atom is -0.349 e. The lowest BCUT2D eigenvalue weighted by molar-refractivity contribution is -0.885. The molecule has 1 aromatic rings. The van der Waals surface area contributed by atoms with Gasteiger partial charge >= 0.3 is 0 Å². The molecular weight excluding hydrogens is 380 g/mol. The fourth-order valence-electron chi connectivity index (χ4n) is 3.04. The number of amides is 2. The number of carbonyl (C=O) groups is 2. The molecular formula is C19H31N4O4S+. The summed E-state index contributed by atoms with van der Waals surface area (Å²) in [6.07, 6.45) is 1.77. The van der Waals surface area contributed by atoms with Crippen molar-refractivity contribution < 1.29 is 22.9 Å². The lowest BCUT2D eigenvalue weighted by Crippen LogP contribution is -3.15. The van der Waals surface area contributed by atoms with Crippen molar-refractivity contribution in [3.8, 4) is 0 Å². The largest absolute Gasteiger partial charge is 0.349 e. The zero-order valence-electron chi connectivity index (χ0n) is 17.0. The van der Waals surface area contributed by atoms with Gasteiger partial charge in [-0.3, -0.25) is 9.59 Å². The molecule has 28 heavy (non-hydrogen) atoms. The maximum atomic E-state index is 12.5. The average Bonchev–Trinajstić information content (AvgIpc) is 3.16. The molecule has 1 heterocycles. The molecule has 0 aromatic heterocycles. The maximum Gasteiger partial charge on any atom is 0.282 e. The summed E-state index contributed by atoms with van der Waals surface area (Å²) in [6, 6.07) is 5.83. The number of hydrogen-bond acceptors (Lipinski definition) is 4. The Bertz CT molecular complexity index is 787. The number of sulfonamides is 1. The van der Waals surface area contributed by atoms with Crippen LogP contribution in [0, 0.1) is 0 Å². The van der Waals surface area contributed by atoms with E-state index in [-0.39, 0.29) is 29.3 Å². The number of nitrogens with one attached hydrogen (secondary N) is 3. The van der Waals surface area contributed by atoms with Crippen LogP contribution in [-0.4, -0.2) is 63.3 Å². The molecule has 0 aliphatic carbocycles. The second-order valence-electron chi connectivity index (χ2n) is 7.59. The second kappa shape index (κ2) is 9.49. The predicted molar refractivity (Wildman–Crippen MR) is 108 cm³/mol. The first-order chi connectivity index (χ1) is 13.1. The van der Waals surface area contributed by atoms with Crippen LogP contribution in [0.2, 0.25) is 0 Å². The van der Waals surface area contributed by atoms with Gasteiger partial charge in [0.1, 0.15) is 0 Å². The maximum absolute atomic E-state index is 12.5. The van der Waals surface area contributed by atoms with Crippen molar-refractivity contribution in [1.29, 1.82) is 0 Å². The van der Waals surface area contributed by atoms with Crippen molar-refractivity contribution in [3.05, 3.63) is 24.3 Å². The van der Waals surface area contributed by atoms with Gasteiger partial charge in [-0.05, 0) is 57.9 Å². The third kappa shape index (κ3) is 5.76. The summed E-state index contributed by atoms with van der Waals surface area (Å²) in [4.78, 5) is 25.3. The van der Waals surface area contributed by atoms with Crippen LogP contribution in [0.5, 0.6) is 0 Å². The molecule has 1 saturated heterocycles. The van der Waals surface area contributed by atoms with Crippen LogP contribution in [0.25, 0.3) is 0 Å². The molecule has 0 saturated carbocycles. The molecule has 0 spiro atoms. The van der Waals surface area contributed by atoms with Crippen molar-refractivity contribution in [2.24, 2.45) is 0 Å². The molecule has 1 aliphatic heterocycles. The van der Waals surface area contributed by atoms with E-state index in [2.05, 4.69) is 10.6 Å². The van der Waals surface area contributed by atoms with Crippen molar-refractivity contribution in [3.63, 3.8) is 0 Å². The van der Waals surface area contributed by atoms with E-state index in [9.17, 15) is 18.0 Å². The van der Waals surface area contributed by atoms with Crippen molar-refractivity contribution >= 4 is 27.5 Å². The molecule has 2 amide bonds. The van der Waals surface area contributed by atoms with Crippen LogP contribution >= 0.6 is 0 Å². The highest BCUT2D eigenvalue weighted by atomic mass is 32.2. The zero-order valence-corrected chi connectivity index (χ0v) is 17.8. The van der Waals surface area contributed by atoms with Gasteiger partial charge in [0.05, 0.1) is 11.9 Å². The van der Waals surface area contributed by atoms with E-state index in [0.717, 1.165) is 17.7 Å². The smallest absolute Gasteiger partial charge is 0.282 e. The summed E-state index contributed by atoms with van der Waals surface area (Å²) in [7, 11) is -1.68. The van der Waals surface area contributed by atoms with Gasteiger partial charge in [0.2, 0.25) is 10.0 Å². The van der Waals surface area contributed by atoms with Gasteiger partial charge in [-0.2, -0.15) is 4.31 Å². The molecule has 1 fully saturated rings. The minimum atomic E-state index is -3.47. The van der Waals surface area contributed by atoms with E-state index >= 15 is 0 Å². The van der Waals surface area contributed by atoms with Gasteiger partial charge in [-0.15, -0.1) is 0 Å². The fraction of sp³-hybridized carbons (Fsp3) is 0.579. The molecule has 2 atom stereocenters. The number of rotatable bonds is 8. The topological polar surface area (TPSA) is 100 Å². The van der Waals surface area contributed by atoms with Crippen LogP contribution in [0.3, 0.4) is 0 Å². The highest BCUT2D eigenvalue weighted by Gasteiger charge is 2.27. The van der Waals surface area contributed by atoms with Crippen LogP contribution in [0.1, 0.15) is 33.6 Å². The number of anilines is 1. The Morgan fingerprint density at radius 2 is 1.68 bits per heavy atom. The third-order valence-corrected chi connectivity index (χ3v) is 6.76. The molecule has 1 aliphatic rings.